The summed E-state index contributed by atoms with van der Waals surface area (Å²) in [6.45, 7) is 0. The van der Waals surface area contributed by atoms with Gasteiger partial charge in [0.05, 0.1) is 10.1 Å². The Balaban J connectivity index is 3.33. The van der Waals surface area contributed by atoms with Crippen LogP contribution in [0, 0.1) is 0 Å². The fourth-order valence-electron chi connectivity index (χ4n) is 0.515. The molecule has 0 saturated heterocycles. The van der Waals surface area contributed by atoms with E-state index >= 15 is 0 Å². The van der Waals surface area contributed by atoms with E-state index in [1.54, 1.807) is 0 Å². The van der Waals surface area contributed by atoms with E-state index in [0.29, 0.717) is 10.1 Å². The Labute approximate surface area is 63.1 Å². The number of H-pyrrole nitrogens is 1. The van der Waals surface area contributed by atoms with Gasteiger partial charge < -0.3 is 4.98 Å². The molecule has 0 spiro atoms. The highest BCUT2D eigenvalue weighted by molar-refractivity contribution is 7.80. The molecule has 0 aromatic carbocycles. The van der Waals surface area contributed by atoms with Gasteiger partial charge in [0.1, 0.15) is 0 Å². The predicted molar refractivity (Wildman–Crippen MR) is 41.6 cm³/mol. The van der Waals surface area contributed by atoms with E-state index in [2.05, 4.69) is 30.2 Å². The zero-order valence-electron chi connectivity index (χ0n) is 4.46. The van der Waals surface area contributed by atoms with E-state index in [9.17, 15) is 4.79 Å². The second-order valence-electron chi connectivity index (χ2n) is 1.59. The van der Waals surface area contributed by atoms with Crippen LogP contribution in [-0.2, 0) is 0 Å². The monoisotopic (exact) mass is 159 g/mol. The Morgan fingerprint density at radius 3 is 2.00 bits per heavy atom. The zero-order chi connectivity index (χ0) is 6.85. The lowest BCUT2D eigenvalue weighted by Crippen LogP contribution is -1.97. The Hall–Kier alpha value is -0.350. The van der Waals surface area contributed by atoms with Gasteiger partial charge in [0.2, 0.25) is 0 Å². The highest BCUT2D eigenvalue weighted by Gasteiger charge is 1.88. The van der Waals surface area contributed by atoms with E-state index in [1.165, 1.54) is 12.1 Å². The molecule has 9 heavy (non-hydrogen) atoms. The summed E-state index contributed by atoms with van der Waals surface area (Å²) in [5.41, 5.74) is -0.0799. The summed E-state index contributed by atoms with van der Waals surface area (Å²) in [6, 6.07) is 2.78. The first kappa shape index (κ1) is 6.77. The van der Waals surface area contributed by atoms with Crippen molar-refractivity contribution in [3.05, 3.63) is 22.4 Å². The minimum absolute atomic E-state index is 0.0799. The largest absolute Gasteiger partial charge is 0.345 e. The number of thiol groups is 2. The SMILES string of the molecule is O=c1cc(S)[nH]c(S)c1. The Kier molecular flexibility index (Phi) is 1.87. The summed E-state index contributed by atoms with van der Waals surface area (Å²) in [4.78, 5) is 13.3. The molecule has 0 amide bonds. The van der Waals surface area contributed by atoms with Crippen molar-refractivity contribution in [2.75, 3.05) is 0 Å². The summed E-state index contributed by atoms with van der Waals surface area (Å²) in [7, 11) is 0. The molecular formula is C5H5NOS2. The highest BCUT2D eigenvalue weighted by Crippen LogP contribution is 2.01. The number of aromatic nitrogens is 1. The minimum atomic E-state index is -0.0799. The molecule has 0 aliphatic rings. The maximum Gasteiger partial charge on any atom is 0.183 e. The Bertz CT molecular complexity index is 245. The predicted octanol–water partition coefficient (Wildman–Crippen LogP) is 0.952. The van der Waals surface area contributed by atoms with E-state index < -0.39 is 0 Å². The van der Waals surface area contributed by atoms with Crippen LogP contribution < -0.4 is 5.43 Å². The van der Waals surface area contributed by atoms with Crippen molar-refractivity contribution in [1.82, 2.24) is 4.98 Å². The van der Waals surface area contributed by atoms with Crippen LogP contribution in [0.25, 0.3) is 0 Å². The topological polar surface area (TPSA) is 32.9 Å². The summed E-state index contributed by atoms with van der Waals surface area (Å²) >= 11 is 7.84. The second-order valence-corrected chi connectivity index (χ2v) is 2.55. The molecule has 2 nitrogen and oxygen atoms in total. The molecule has 1 aromatic rings. The first-order chi connectivity index (χ1) is 4.18. The van der Waals surface area contributed by atoms with Gasteiger partial charge >= 0.3 is 0 Å². The molecule has 1 rings (SSSR count). The molecule has 0 unspecified atom stereocenters. The van der Waals surface area contributed by atoms with Crippen LogP contribution in [-0.4, -0.2) is 4.98 Å². The minimum Gasteiger partial charge on any atom is -0.345 e. The quantitative estimate of drug-likeness (QED) is 0.484. The van der Waals surface area contributed by atoms with Gasteiger partial charge in [-0.25, -0.2) is 0 Å². The van der Waals surface area contributed by atoms with Crippen molar-refractivity contribution in [2.45, 2.75) is 10.1 Å². The van der Waals surface area contributed by atoms with Crippen LogP contribution >= 0.6 is 25.3 Å². The van der Waals surface area contributed by atoms with Crippen molar-refractivity contribution in [3.63, 3.8) is 0 Å². The van der Waals surface area contributed by atoms with Gasteiger partial charge in [-0.2, -0.15) is 0 Å². The zero-order valence-corrected chi connectivity index (χ0v) is 6.25. The van der Waals surface area contributed by atoms with Crippen molar-refractivity contribution in [2.24, 2.45) is 0 Å². The fraction of sp³-hybridized carbons (Fsp3) is 0. The van der Waals surface area contributed by atoms with Crippen LogP contribution in [0.4, 0.5) is 0 Å². The third-order valence-electron chi connectivity index (χ3n) is 0.814. The number of rotatable bonds is 0. The van der Waals surface area contributed by atoms with E-state index in [0.717, 1.165) is 0 Å². The van der Waals surface area contributed by atoms with Crippen LogP contribution in [0.1, 0.15) is 0 Å². The summed E-state index contributed by atoms with van der Waals surface area (Å²) < 4.78 is 0. The van der Waals surface area contributed by atoms with Gasteiger partial charge in [-0.05, 0) is 0 Å². The second kappa shape index (κ2) is 2.49. The molecule has 1 N–H and O–H groups in total. The van der Waals surface area contributed by atoms with Gasteiger partial charge in [-0.15, -0.1) is 25.3 Å². The normalized spacial score (nSPS) is 9.56. The van der Waals surface area contributed by atoms with Crippen molar-refractivity contribution in [1.29, 1.82) is 0 Å². The highest BCUT2D eigenvalue weighted by atomic mass is 32.1. The molecular weight excluding hydrogens is 154 g/mol. The molecule has 0 saturated carbocycles. The number of pyridine rings is 1. The number of aromatic amines is 1. The number of hydrogen-bond acceptors (Lipinski definition) is 3. The molecule has 0 aliphatic carbocycles. The van der Waals surface area contributed by atoms with Gasteiger partial charge in [-0.3, -0.25) is 4.79 Å². The molecule has 48 valence electrons. The van der Waals surface area contributed by atoms with Crippen LogP contribution in [0.3, 0.4) is 0 Å². The Morgan fingerprint density at radius 2 is 1.67 bits per heavy atom. The van der Waals surface area contributed by atoms with Gasteiger partial charge in [0.15, 0.2) is 5.43 Å². The third kappa shape index (κ3) is 1.80. The van der Waals surface area contributed by atoms with Crippen LogP contribution in [0.5, 0.6) is 0 Å². The van der Waals surface area contributed by atoms with Gasteiger partial charge in [0.25, 0.3) is 0 Å². The number of nitrogens with one attached hydrogen (secondary N) is 1. The van der Waals surface area contributed by atoms with Crippen molar-refractivity contribution >= 4 is 25.3 Å². The number of hydrogen-bond donors (Lipinski definition) is 3. The Morgan fingerprint density at radius 1 is 1.22 bits per heavy atom. The average molecular weight is 159 g/mol. The third-order valence-corrected chi connectivity index (χ3v) is 1.30. The van der Waals surface area contributed by atoms with E-state index in [4.69, 9.17) is 0 Å². The smallest absolute Gasteiger partial charge is 0.183 e. The molecule has 0 bridgehead atoms. The lowest BCUT2D eigenvalue weighted by Gasteiger charge is -1.91. The van der Waals surface area contributed by atoms with E-state index in [-0.39, 0.29) is 5.43 Å². The van der Waals surface area contributed by atoms with Crippen LogP contribution in [0.2, 0.25) is 0 Å². The summed E-state index contributed by atoms with van der Waals surface area (Å²) in [6.07, 6.45) is 0. The average Bonchev–Trinajstić information content (AvgIpc) is 1.59. The van der Waals surface area contributed by atoms with Crippen LogP contribution in [0.15, 0.2) is 27.0 Å². The standard InChI is InChI=1S/C5H5NOS2/c7-3-1-4(8)6-5(9)2-3/h1-2H,(H3,6,7,8,9). The maximum atomic E-state index is 10.6. The molecule has 1 aromatic heterocycles. The first-order valence-corrected chi connectivity index (χ1v) is 3.20. The lowest BCUT2D eigenvalue weighted by molar-refractivity contribution is 1.00. The van der Waals surface area contributed by atoms with Crippen molar-refractivity contribution < 1.29 is 0 Å². The van der Waals surface area contributed by atoms with Crippen molar-refractivity contribution in [3.8, 4) is 0 Å². The maximum absolute atomic E-state index is 10.6. The molecule has 1 heterocycles. The van der Waals surface area contributed by atoms with Gasteiger partial charge in [-0.1, -0.05) is 0 Å². The molecule has 0 atom stereocenters. The summed E-state index contributed by atoms with van der Waals surface area (Å²) in [5, 5.41) is 1.07. The first-order valence-electron chi connectivity index (χ1n) is 2.31. The molecule has 0 aliphatic heterocycles. The molecule has 0 radical (unpaired) electrons. The fourth-order valence-corrected chi connectivity index (χ4v) is 1.10. The molecule has 4 heteroatoms. The summed E-state index contributed by atoms with van der Waals surface area (Å²) in [5.74, 6) is 0. The van der Waals surface area contributed by atoms with Gasteiger partial charge in [0, 0.05) is 12.1 Å². The molecule has 0 fully saturated rings. The lowest BCUT2D eigenvalue weighted by atomic mass is 10.5. The van der Waals surface area contributed by atoms with E-state index in [1.807, 2.05) is 0 Å².